The maximum atomic E-state index is 12.6. The summed E-state index contributed by atoms with van der Waals surface area (Å²) in [6.45, 7) is 4.41. The maximum Gasteiger partial charge on any atom is 0.326 e. The molecule has 0 saturated heterocycles. The molecule has 3 rings (SSSR count). The molecule has 1 aromatic carbocycles. The van der Waals surface area contributed by atoms with Gasteiger partial charge in [-0.15, -0.1) is 0 Å². The first-order valence-corrected chi connectivity index (χ1v) is 8.02. The number of carbonyl (C=O) groups is 1. The average molecular weight is 361 g/mol. The van der Waals surface area contributed by atoms with E-state index in [1.165, 1.54) is 0 Å². The van der Waals surface area contributed by atoms with E-state index in [0.717, 1.165) is 34.8 Å². The quantitative estimate of drug-likeness (QED) is 0.887. The highest BCUT2D eigenvalue weighted by Crippen LogP contribution is 2.30. The molecule has 2 aromatic rings. The molecule has 0 bridgehead atoms. The second-order valence-electron chi connectivity index (χ2n) is 5.01. The highest BCUT2D eigenvalue weighted by molar-refractivity contribution is 9.10. The van der Waals surface area contributed by atoms with Crippen LogP contribution in [0.25, 0.3) is 0 Å². The molecule has 2 heterocycles. The number of hydrogen-bond donors (Lipinski definition) is 1. The molecule has 1 aliphatic heterocycles. The number of aromatic nitrogens is 1. The van der Waals surface area contributed by atoms with Crippen LogP contribution in [0.5, 0.6) is 0 Å². The highest BCUT2D eigenvalue weighted by atomic mass is 79.9. The lowest BCUT2D eigenvalue weighted by Crippen LogP contribution is -2.46. The van der Waals surface area contributed by atoms with Crippen LogP contribution in [0.2, 0.25) is 0 Å². The predicted molar refractivity (Wildman–Crippen MR) is 92.6 cm³/mol. The maximum absolute atomic E-state index is 12.6. The fourth-order valence-electron chi connectivity index (χ4n) is 2.53. The number of anilines is 3. The first kappa shape index (κ1) is 14.8. The largest absolute Gasteiger partial charge is 0.353 e. The highest BCUT2D eigenvalue weighted by Gasteiger charge is 2.26. The van der Waals surface area contributed by atoms with Gasteiger partial charge in [-0.05, 0) is 43.3 Å². The molecule has 0 radical (unpaired) electrons. The van der Waals surface area contributed by atoms with E-state index in [1.807, 2.05) is 36.4 Å². The van der Waals surface area contributed by atoms with Gasteiger partial charge in [-0.2, -0.15) is 0 Å². The Morgan fingerprint density at radius 2 is 2.05 bits per heavy atom. The molecule has 0 atom stereocenters. The molecule has 0 unspecified atom stereocenters. The molecule has 0 fully saturated rings. The average Bonchev–Trinajstić information content (AvgIpc) is 2.56. The molecule has 114 valence electrons. The second-order valence-corrected chi connectivity index (χ2v) is 5.93. The van der Waals surface area contributed by atoms with Crippen LogP contribution < -0.4 is 15.1 Å². The zero-order chi connectivity index (χ0) is 15.5. The summed E-state index contributed by atoms with van der Waals surface area (Å²) in [5.41, 5.74) is 1.63. The summed E-state index contributed by atoms with van der Waals surface area (Å²) in [4.78, 5) is 20.9. The first-order valence-electron chi connectivity index (χ1n) is 7.23. The molecule has 0 aliphatic carbocycles. The van der Waals surface area contributed by atoms with Crippen molar-refractivity contribution in [1.29, 1.82) is 0 Å². The predicted octanol–water partition coefficient (Wildman–Crippen LogP) is 3.72. The van der Waals surface area contributed by atoms with Crippen molar-refractivity contribution >= 4 is 39.2 Å². The van der Waals surface area contributed by atoms with E-state index in [-0.39, 0.29) is 6.03 Å². The Morgan fingerprint density at radius 1 is 1.27 bits per heavy atom. The van der Waals surface area contributed by atoms with Crippen LogP contribution >= 0.6 is 15.9 Å². The van der Waals surface area contributed by atoms with Crippen LogP contribution in [-0.2, 0) is 0 Å². The molecular formula is C16H17BrN4O. The van der Waals surface area contributed by atoms with Crippen LogP contribution in [0.1, 0.15) is 6.92 Å². The number of halogens is 1. The lowest BCUT2D eigenvalue weighted by atomic mass is 10.2. The number of nitrogens with one attached hydrogen (secondary N) is 1. The smallest absolute Gasteiger partial charge is 0.326 e. The molecule has 6 heteroatoms. The van der Waals surface area contributed by atoms with Gasteiger partial charge in [0.15, 0.2) is 5.82 Å². The van der Waals surface area contributed by atoms with Crippen molar-refractivity contribution in [3.63, 3.8) is 0 Å². The van der Waals surface area contributed by atoms with Crippen molar-refractivity contribution in [2.24, 2.45) is 0 Å². The lowest BCUT2D eigenvalue weighted by molar-refractivity contribution is 0.256. The zero-order valence-corrected chi connectivity index (χ0v) is 13.9. The number of likely N-dealkylation sites (N-methyl/N-ethyl adjacent to an activating group) is 1. The van der Waals surface area contributed by atoms with E-state index in [0.29, 0.717) is 6.54 Å². The van der Waals surface area contributed by atoms with Crippen molar-refractivity contribution in [2.45, 2.75) is 6.92 Å². The van der Waals surface area contributed by atoms with Gasteiger partial charge in [-0.1, -0.05) is 15.9 Å². The van der Waals surface area contributed by atoms with Gasteiger partial charge in [0.25, 0.3) is 0 Å². The Bertz CT molecular complexity index is 674. The fourth-order valence-corrected chi connectivity index (χ4v) is 2.80. The van der Waals surface area contributed by atoms with E-state index in [2.05, 4.69) is 38.1 Å². The van der Waals surface area contributed by atoms with Gasteiger partial charge in [-0.25, -0.2) is 9.78 Å². The van der Waals surface area contributed by atoms with Gasteiger partial charge in [0, 0.05) is 36.0 Å². The number of pyridine rings is 1. The van der Waals surface area contributed by atoms with Crippen molar-refractivity contribution in [3.05, 3.63) is 47.1 Å². The molecule has 1 N–H and O–H groups in total. The molecule has 0 spiro atoms. The van der Waals surface area contributed by atoms with Crippen molar-refractivity contribution in [3.8, 4) is 0 Å². The van der Waals surface area contributed by atoms with Crippen molar-refractivity contribution in [2.75, 3.05) is 34.8 Å². The fraction of sp³-hybridized carbons (Fsp3) is 0.250. The summed E-state index contributed by atoms with van der Waals surface area (Å²) in [5, 5.41) is 2.93. The Kier molecular flexibility index (Phi) is 4.29. The summed E-state index contributed by atoms with van der Waals surface area (Å²) >= 11 is 3.39. The number of carbonyl (C=O) groups excluding carboxylic acids is 1. The third kappa shape index (κ3) is 2.92. The third-order valence-corrected chi connectivity index (χ3v) is 4.20. The van der Waals surface area contributed by atoms with E-state index in [4.69, 9.17) is 0 Å². The standard InChI is InChI=1S/C16H17BrN4O/c1-2-20-10-11-21(14-4-3-9-18-15(14)20)16(22)19-13-7-5-12(17)6-8-13/h3-9H,2,10-11H2,1H3,(H,19,22). The van der Waals surface area contributed by atoms with E-state index in [1.54, 1.807) is 11.1 Å². The van der Waals surface area contributed by atoms with E-state index < -0.39 is 0 Å². The summed E-state index contributed by atoms with van der Waals surface area (Å²) in [7, 11) is 0. The van der Waals surface area contributed by atoms with Crippen LogP contribution in [0.3, 0.4) is 0 Å². The number of rotatable bonds is 2. The van der Waals surface area contributed by atoms with Crippen LogP contribution in [0, 0.1) is 0 Å². The monoisotopic (exact) mass is 360 g/mol. The minimum Gasteiger partial charge on any atom is -0.353 e. The Morgan fingerprint density at radius 3 is 2.77 bits per heavy atom. The summed E-state index contributed by atoms with van der Waals surface area (Å²) in [5.74, 6) is 0.863. The molecular weight excluding hydrogens is 344 g/mol. The second kappa shape index (κ2) is 6.36. The third-order valence-electron chi connectivity index (χ3n) is 3.67. The van der Waals surface area contributed by atoms with Gasteiger partial charge in [-0.3, -0.25) is 4.90 Å². The molecule has 5 nitrogen and oxygen atoms in total. The SMILES string of the molecule is CCN1CCN(C(=O)Nc2ccc(Br)cc2)c2cccnc21. The van der Waals surface area contributed by atoms with Gasteiger partial charge >= 0.3 is 6.03 Å². The lowest BCUT2D eigenvalue weighted by Gasteiger charge is -2.35. The molecule has 22 heavy (non-hydrogen) atoms. The normalized spacial score (nSPS) is 13.7. The molecule has 1 aliphatic rings. The molecule has 1 aromatic heterocycles. The Hall–Kier alpha value is -2.08. The molecule has 0 saturated carbocycles. The summed E-state index contributed by atoms with van der Waals surface area (Å²) in [6.07, 6.45) is 1.76. The first-order chi connectivity index (χ1) is 10.7. The van der Waals surface area contributed by atoms with Crippen LogP contribution in [0.4, 0.5) is 22.0 Å². The molecule has 2 amide bonds. The van der Waals surface area contributed by atoms with Crippen molar-refractivity contribution < 1.29 is 4.79 Å². The number of amides is 2. The van der Waals surface area contributed by atoms with Gasteiger partial charge in [0.1, 0.15) is 0 Å². The van der Waals surface area contributed by atoms with Crippen LogP contribution in [-0.4, -0.2) is 30.6 Å². The topological polar surface area (TPSA) is 48.5 Å². The van der Waals surface area contributed by atoms with Crippen molar-refractivity contribution in [1.82, 2.24) is 4.98 Å². The van der Waals surface area contributed by atoms with Gasteiger partial charge in [0.05, 0.1) is 5.69 Å². The Balaban J connectivity index is 1.82. The summed E-state index contributed by atoms with van der Waals surface area (Å²) < 4.78 is 0.983. The summed E-state index contributed by atoms with van der Waals surface area (Å²) in [6, 6.07) is 11.2. The number of hydrogen-bond acceptors (Lipinski definition) is 3. The Labute approximate surface area is 138 Å². The van der Waals surface area contributed by atoms with Crippen LogP contribution in [0.15, 0.2) is 47.1 Å². The van der Waals surface area contributed by atoms with E-state index in [9.17, 15) is 4.79 Å². The number of urea groups is 1. The van der Waals surface area contributed by atoms with Gasteiger partial charge < -0.3 is 10.2 Å². The minimum atomic E-state index is -0.132. The minimum absolute atomic E-state index is 0.132. The number of benzene rings is 1. The van der Waals surface area contributed by atoms with Gasteiger partial charge in [0.2, 0.25) is 0 Å². The number of nitrogens with zero attached hydrogens (tertiary/aromatic N) is 3. The zero-order valence-electron chi connectivity index (χ0n) is 12.3. The number of fused-ring (bicyclic) bond motifs is 1. The van der Waals surface area contributed by atoms with E-state index >= 15 is 0 Å².